The molecule has 3 N–H and O–H groups in total. The monoisotopic (exact) mass is 270 g/mol. The minimum absolute atomic E-state index is 0.249. The van der Waals surface area contributed by atoms with E-state index in [0.717, 1.165) is 16.8 Å². The first-order chi connectivity index (χ1) is 9.70. The number of aryl methyl sites for hydroxylation is 1. The van der Waals surface area contributed by atoms with Crippen LogP contribution < -0.4 is 10.5 Å². The highest BCUT2D eigenvalue weighted by Crippen LogP contribution is 2.40. The lowest BCUT2D eigenvalue weighted by Crippen LogP contribution is -1.93. The molecular weight excluding hydrogens is 256 g/mol. The van der Waals surface area contributed by atoms with E-state index in [0.29, 0.717) is 17.0 Å². The van der Waals surface area contributed by atoms with Crippen molar-refractivity contribution in [1.82, 2.24) is 15.4 Å². The molecule has 2 heterocycles. The van der Waals surface area contributed by atoms with Crippen molar-refractivity contribution < 1.29 is 9.26 Å². The van der Waals surface area contributed by atoms with Crippen LogP contribution in [0.5, 0.6) is 5.75 Å². The smallest absolute Gasteiger partial charge is 0.230 e. The van der Waals surface area contributed by atoms with E-state index in [2.05, 4.69) is 15.4 Å². The van der Waals surface area contributed by atoms with Gasteiger partial charge in [0.15, 0.2) is 0 Å². The molecular formula is C14H14N4O2. The van der Waals surface area contributed by atoms with Crippen LogP contribution in [0.3, 0.4) is 0 Å². The second-order valence-corrected chi connectivity index (χ2v) is 4.44. The van der Waals surface area contributed by atoms with Gasteiger partial charge in [-0.1, -0.05) is 16.8 Å². The van der Waals surface area contributed by atoms with E-state index < -0.39 is 0 Å². The topological polar surface area (TPSA) is 90.0 Å². The molecule has 2 aromatic heterocycles. The Kier molecular flexibility index (Phi) is 2.90. The Labute approximate surface area is 115 Å². The van der Waals surface area contributed by atoms with Gasteiger partial charge < -0.3 is 15.0 Å². The van der Waals surface area contributed by atoms with Crippen molar-refractivity contribution in [3.8, 4) is 28.3 Å². The number of rotatable bonds is 3. The molecule has 20 heavy (non-hydrogen) atoms. The van der Waals surface area contributed by atoms with Crippen molar-refractivity contribution >= 4 is 5.88 Å². The fourth-order valence-electron chi connectivity index (χ4n) is 2.15. The maximum Gasteiger partial charge on any atom is 0.230 e. The number of hydrogen-bond donors (Lipinski definition) is 2. The molecule has 0 atom stereocenters. The number of nitrogens with zero attached hydrogens (tertiary/aromatic N) is 2. The number of H-pyrrole nitrogens is 1. The number of nitrogens with two attached hydrogens (primary N) is 1. The number of nitrogens with one attached hydrogen (secondary N) is 1. The number of anilines is 1. The van der Waals surface area contributed by atoms with Crippen LogP contribution >= 0.6 is 0 Å². The lowest BCUT2D eigenvalue weighted by Gasteiger charge is -2.09. The summed E-state index contributed by atoms with van der Waals surface area (Å²) in [5.41, 5.74) is 9.93. The lowest BCUT2D eigenvalue weighted by atomic mass is 10.0. The number of methoxy groups -OCH3 is 1. The van der Waals surface area contributed by atoms with Crippen molar-refractivity contribution in [2.45, 2.75) is 6.92 Å². The molecule has 0 amide bonds. The molecule has 102 valence electrons. The van der Waals surface area contributed by atoms with Crippen LogP contribution in [0.2, 0.25) is 0 Å². The van der Waals surface area contributed by atoms with Crippen molar-refractivity contribution in [1.29, 1.82) is 0 Å². The molecule has 0 saturated heterocycles. The molecule has 3 rings (SSSR count). The number of aromatic amines is 1. The van der Waals surface area contributed by atoms with Gasteiger partial charge in [-0.3, -0.25) is 5.10 Å². The van der Waals surface area contributed by atoms with Crippen LogP contribution in [-0.4, -0.2) is 22.5 Å². The third-order valence-corrected chi connectivity index (χ3v) is 3.10. The summed E-state index contributed by atoms with van der Waals surface area (Å²) in [6.45, 7) is 2.00. The van der Waals surface area contributed by atoms with Gasteiger partial charge in [-0.05, 0) is 25.1 Å². The molecule has 0 fully saturated rings. The molecule has 0 radical (unpaired) electrons. The van der Waals surface area contributed by atoms with E-state index in [1.165, 1.54) is 0 Å². The van der Waals surface area contributed by atoms with Crippen LogP contribution in [0.1, 0.15) is 5.56 Å². The predicted octanol–water partition coefficient (Wildman–Crippen LogP) is 2.63. The fraction of sp³-hybridized carbons (Fsp3) is 0.143. The van der Waals surface area contributed by atoms with Gasteiger partial charge in [-0.25, -0.2) is 0 Å². The summed E-state index contributed by atoms with van der Waals surface area (Å²) in [7, 11) is 1.62. The maximum absolute atomic E-state index is 5.93. The van der Waals surface area contributed by atoms with Gasteiger partial charge >= 0.3 is 0 Å². The Hall–Kier alpha value is -2.76. The Bertz CT molecular complexity index is 732. The second-order valence-electron chi connectivity index (χ2n) is 4.44. The van der Waals surface area contributed by atoms with Gasteiger partial charge in [0.1, 0.15) is 11.4 Å². The number of benzene rings is 1. The summed E-state index contributed by atoms with van der Waals surface area (Å²) >= 11 is 0. The quantitative estimate of drug-likeness (QED) is 0.763. The summed E-state index contributed by atoms with van der Waals surface area (Å²) in [5, 5.41) is 10.8. The molecule has 0 saturated carbocycles. The van der Waals surface area contributed by atoms with Crippen LogP contribution in [0.4, 0.5) is 5.88 Å². The second kappa shape index (κ2) is 4.73. The summed E-state index contributed by atoms with van der Waals surface area (Å²) in [5.74, 6) is 0.963. The first kappa shape index (κ1) is 12.3. The average Bonchev–Trinajstić information content (AvgIpc) is 3.07. The fourth-order valence-corrected chi connectivity index (χ4v) is 2.15. The van der Waals surface area contributed by atoms with E-state index in [1.54, 1.807) is 13.3 Å². The van der Waals surface area contributed by atoms with Crippen LogP contribution in [0.15, 0.2) is 35.0 Å². The standard InChI is InChI=1S/C14H14N4O2/c1-8-3-4-11(19-2)9(7-8)12-13(18-20-14(12)15)10-5-6-16-17-10/h3-7H,15H2,1-2H3,(H,16,17). The van der Waals surface area contributed by atoms with Crippen LogP contribution in [0, 0.1) is 6.92 Å². The van der Waals surface area contributed by atoms with Gasteiger partial charge in [0.25, 0.3) is 0 Å². The number of hydrogen-bond acceptors (Lipinski definition) is 5. The van der Waals surface area contributed by atoms with Crippen molar-refractivity contribution in [3.63, 3.8) is 0 Å². The molecule has 0 bridgehead atoms. The summed E-state index contributed by atoms with van der Waals surface area (Å²) in [4.78, 5) is 0. The Morgan fingerprint density at radius 3 is 2.85 bits per heavy atom. The Morgan fingerprint density at radius 1 is 1.30 bits per heavy atom. The van der Waals surface area contributed by atoms with Gasteiger partial charge in [0, 0.05) is 11.8 Å². The molecule has 0 aliphatic rings. The third-order valence-electron chi connectivity index (χ3n) is 3.10. The first-order valence-electron chi connectivity index (χ1n) is 6.10. The van der Waals surface area contributed by atoms with Gasteiger partial charge in [-0.2, -0.15) is 5.10 Å². The maximum atomic E-state index is 5.93. The van der Waals surface area contributed by atoms with Crippen molar-refractivity contribution in [3.05, 3.63) is 36.0 Å². The minimum atomic E-state index is 0.249. The molecule has 6 nitrogen and oxygen atoms in total. The van der Waals surface area contributed by atoms with Gasteiger partial charge in [0.05, 0.1) is 18.4 Å². The molecule has 0 spiro atoms. The average molecular weight is 270 g/mol. The lowest BCUT2D eigenvalue weighted by molar-refractivity contribution is 0.416. The zero-order chi connectivity index (χ0) is 14.1. The predicted molar refractivity (Wildman–Crippen MR) is 75.2 cm³/mol. The molecule has 0 aliphatic heterocycles. The van der Waals surface area contributed by atoms with E-state index >= 15 is 0 Å². The SMILES string of the molecule is COc1ccc(C)cc1-c1c(-c2ccn[nH]2)noc1N. The zero-order valence-corrected chi connectivity index (χ0v) is 11.2. The summed E-state index contributed by atoms with van der Waals surface area (Å²) in [6.07, 6.45) is 1.65. The zero-order valence-electron chi connectivity index (χ0n) is 11.2. The van der Waals surface area contributed by atoms with Crippen LogP contribution in [-0.2, 0) is 0 Å². The highest BCUT2D eigenvalue weighted by molar-refractivity contribution is 5.88. The highest BCUT2D eigenvalue weighted by atomic mass is 16.5. The summed E-state index contributed by atoms with van der Waals surface area (Å²) in [6, 6.07) is 7.67. The molecule has 3 aromatic rings. The third kappa shape index (κ3) is 1.91. The van der Waals surface area contributed by atoms with Gasteiger partial charge in [-0.15, -0.1) is 0 Å². The van der Waals surface area contributed by atoms with Crippen molar-refractivity contribution in [2.75, 3.05) is 12.8 Å². The number of aromatic nitrogens is 3. The number of nitrogen functional groups attached to an aromatic ring is 1. The summed E-state index contributed by atoms with van der Waals surface area (Å²) < 4.78 is 10.5. The molecule has 0 unspecified atom stereocenters. The molecule has 6 heteroatoms. The van der Waals surface area contributed by atoms with E-state index in [9.17, 15) is 0 Å². The van der Waals surface area contributed by atoms with Gasteiger partial charge in [0.2, 0.25) is 5.88 Å². The first-order valence-corrected chi connectivity index (χ1v) is 6.10. The minimum Gasteiger partial charge on any atom is -0.496 e. The normalized spacial score (nSPS) is 10.7. The van der Waals surface area contributed by atoms with Crippen molar-refractivity contribution in [2.24, 2.45) is 0 Å². The molecule has 0 aliphatic carbocycles. The Morgan fingerprint density at radius 2 is 2.15 bits per heavy atom. The van der Waals surface area contributed by atoms with Crippen LogP contribution in [0.25, 0.3) is 22.5 Å². The Balaban J connectivity index is 2.25. The van der Waals surface area contributed by atoms with E-state index in [-0.39, 0.29) is 5.88 Å². The number of ether oxygens (including phenoxy) is 1. The highest BCUT2D eigenvalue weighted by Gasteiger charge is 2.21. The van der Waals surface area contributed by atoms with E-state index in [1.807, 2.05) is 31.2 Å². The van der Waals surface area contributed by atoms with E-state index in [4.69, 9.17) is 15.0 Å². The molecule has 1 aromatic carbocycles. The largest absolute Gasteiger partial charge is 0.496 e.